The van der Waals surface area contributed by atoms with Crippen LogP contribution in [0.25, 0.3) is 5.00 Å². The SMILES string of the molecule is CCc1cc(C(=O)O)c(-n2cnnc2)s1. The number of rotatable bonds is 3. The lowest BCUT2D eigenvalue weighted by molar-refractivity contribution is 0.0697. The maximum atomic E-state index is 11.0. The number of carbonyl (C=O) groups is 1. The van der Waals surface area contributed by atoms with Gasteiger partial charge < -0.3 is 5.11 Å². The fraction of sp³-hybridized carbons (Fsp3) is 0.222. The topological polar surface area (TPSA) is 68.0 Å². The van der Waals surface area contributed by atoms with Crippen molar-refractivity contribution >= 4 is 17.3 Å². The predicted molar refractivity (Wildman–Crippen MR) is 55.6 cm³/mol. The Morgan fingerprint density at radius 1 is 1.53 bits per heavy atom. The highest BCUT2D eigenvalue weighted by atomic mass is 32.1. The Morgan fingerprint density at radius 3 is 2.73 bits per heavy atom. The first-order chi connectivity index (χ1) is 7.22. The van der Waals surface area contributed by atoms with Gasteiger partial charge in [0.15, 0.2) is 0 Å². The Labute approximate surface area is 90.0 Å². The van der Waals surface area contributed by atoms with Gasteiger partial charge in [-0.25, -0.2) is 4.79 Å². The first-order valence-corrected chi connectivity index (χ1v) is 5.25. The van der Waals surface area contributed by atoms with E-state index in [0.29, 0.717) is 10.6 Å². The normalized spacial score (nSPS) is 10.5. The van der Waals surface area contributed by atoms with Gasteiger partial charge in [0.05, 0.1) is 5.56 Å². The molecule has 0 fully saturated rings. The van der Waals surface area contributed by atoms with Crippen LogP contribution in [0.2, 0.25) is 0 Å². The summed E-state index contributed by atoms with van der Waals surface area (Å²) in [5.41, 5.74) is 0.302. The summed E-state index contributed by atoms with van der Waals surface area (Å²) >= 11 is 1.45. The van der Waals surface area contributed by atoms with Crippen LogP contribution in [-0.2, 0) is 6.42 Å². The van der Waals surface area contributed by atoms with E-state index < -0.39 is 5.97 Å². The van der Waals surface area contributed by atoms with Gasteiger partial charge in [0, 0.05) is 4.88 Å². The maximum Gasteiger partial charge on any atom is 0.338 e. The molecule has 1 N–H and O–H groups in total. The first-order valence-electron chi connectivity index (χ1n) is 4.43. The molecule has 78 valence electrons. The number of aryl methyl sites for hydroxylation is 1. The summed E-state index contributed by atoms with van der Waals surface area (Å²) < 4.78 is 1.62. The third-order valence-corrected chi connectivity index (χ3v) is 3.29. The summed E-state index contributed by atoms with van der Waals surface area (Å²) in [7, 11) is 0. The van der Waals surface area contributed by atoms with E-state index in [1.54, 1.807) is 10.6 Å². The molecule has 0 radical (unpaired) electrons. The van der Waals surface area contributed by atoms with Crippen molar-refractivity contribution in [1.82, 2.24) is 14.8 Å². The number of nitrogens with zero attached hydrogens (tertiary/aromatic N) is 3. The van der Waals surface area contributed by atoms with E-state index >= 15 is 0 Å². The molecule has 0 bridgehead atoms. The molecule has 2 aromatic rings. The van der Waals surface area contributed by atoms with Crippen molar-refractivity contribution in [2.24, 2.45) is 0 Å². The third kappa shape index (κ3) is 1.75. The van der Waals surface area contributed by atoms with E-state index in [1.165, 1.54) is 24.0 Å². The zero-order chi connectivity index (χ0) is 10.8. The lowest BCUT2D eigenvalue weighted by Gasteiger charge is -1.97. The minimum Gasteiger partial charge on any atom is -0.478 e. The fourth-order valence-corrected chi connectivity index (χ4v) is 2.28. The Kier molecular flexibility index (Phi) is 2.51. The molecule has 0 aliphatic carbocycles. The lowest BCUT2D eigenvalue weighted by Crippen LogP contribution is -1.99. The number of hydrogen-bond acceptors (Lipinski definition) is 4. The molecular weight excluding hydrogens is 214 g/mol. The van der Waals surface area contributed by atoms with Crippen molar-refractivity contribution in [3.05, 3.63) is 29.2 Å². The van der Waals surface area contributed by atoms with Gasteiger partial charge >= 0.3 is 5.97 Å². The van der Waals surface area contributed by atoms with Crippen LogP contribution in [-0.4, -0.2) is 25.8 Å². The number of aromatic carboxylic acids is 1. The Bertz CT molecular complexity index is 476. The number of carboxylic acids is 1. The average Bonchev–Trinajstić information content (AvgIpc) is 2.86. The van der Waals surface area contributed by atoms with Gasteiger partial charge in [-0.05, 0) is 12.5 Å². The predicted octanol–water partition coefficient (Wildman–Crippen LogP) is 1.59. The average molecular weight is 223 g/mol. The first kappa shape index (κ1) is 9.85. The minimum absolute atomic E-state index is 0.302. The molecule has 2 aromatic heterocycles. The molecule has 0 spiro atoms. The highest BCUT2D eigenvalue weighted by Gasteiger charge is 2.15. The number of thiophene rings is 1. The lowest BCUT2D eigenvalue weighted by atomic mass is 10.2. The highest BCUT2D eigenvalue weighted by molar-refractivity contribution is 7.14. The molecule has 0 atom stereocenters. The second-order valence-corrected chi connectivity index (χ2v) is 4.07. The monoisotopic (exact) mass is 223 g/mol. The van der Waals surface area contributed by atoms with Crippen LogP contribution in [0.4, 0.5) is 0 Å². The quantitative estimate of drug-likeness (QED) is 0.858. The molecular formula is C9H9N3O2S. The summed E-state index contributed by atoms with van der Waals surface area (Å²) in [6.45, 7) is 1.99. The Hall–Kier alpha value is -1.69. The zero-order valence-electron chi connectivity index (χ0n) is 8.04. The van der Waals surface area contributed by atoms with Crippen LogP contribution in [0.15, 0.2) is 18.7 Å². The van der Waals surface area contributed by atoms with Crippen LogP contribution >= 0.6 is 11.3 Å². The molecule has 0 aliphatic rings. The maximum absolute atomic E-state index is 11.0. The van der Waals surface area contributed by atoms with Gasteiger partial charge in [-0.3, -0.25) is 4.57 Å². The highest BCUT2D eigenvalue weighted by Crippen LogP contribution is 2.26. The molecule has 0 amide bonds. The number of hydrogen-bond donors (Lipinski definition) is 1. The van der Waals surface area contributed by atoms with Crippen LogP contribution in [0.1, 0.15) is 22.2 Å². The molecule has 0 saturated carbocycles. The smallest absolute Gasteiger partial charge is 0.338 e. The second kappa shape index (κ2) is 3.82. The van der Waals surface area contributed by atoms with E-state index in [9.17, 15) is 4.79 Å². The second-order valence-electron chi connectivity index (χ2n) is 2.96. The van der Waals surface area contributed by atoms with Crippen molar-refractivity contribution in [2.45, 2.75) is 13.3 Å². The largest absolute Gasteiger partial charge is 0.478 e. The number of aromatic nitrogens is 3. The molecule has 5 nitrogen and oxygen atoms in total. The fourth-order valence-electron chi connectivity index (χ4n) is 1.26. The van der Waals surface area contributed by atoms with Crippen molar-refractivity contribution in [1.29, 1.82) is 0 Å². The molecule has 0 unspecified atom stereocenters. The van der Waals surface area contributed by atoms with Gasteiger partial charge in [-0.2, -0.15) is 0 Å². The zero-order valence-corrected chi connectivity index (χ0v) is 8.86. The summed E-state index contributed by atoms with van der Waals surface area (Å²) in [6, 6.07) is 1.70. The van der Waals surface area contributed by atoms with Gasteiger partial charge in [0.25, 0.3) is 0 Å². The molecule has 2 heterocycles. The molecule has 0 aliphatic heterocycles. The van der Waals surface area contributed by atoms with Gasteiger partial charge in [-0.1, -0.05) is 6.92 Å². The van der Waals surface area contributed by atoms with Gasteiger partial charge in [-0.15, -0.1) is 21.5 Å². The summed E-state index contributed by atoms with van der Waals surface area (Å²) in [5, 5.41) is 17.0. The van der Waals surface area contributed by atoms with Crippen molar-refractivity contribution < 1.29 is 9.90 Å². The van der Waals surface area contributed by atoms with Gasteiger partial charge in [0.2, 0.25) is 0 Å². The molecule has 2 rings (SSSR count). The van der Waals surface area contributed by atoms with E-state index in [0.717, 1.165) is 11.3 Å². The van der Waals surface area contributed by atoms with Crippen molar-refractivity contribution in [3.8, 4) is 5.00 Å². The summed E-state index contributed by atoms with van der Waals surface area (Å²) in [6.07, 6.45) is 3.82. The summed E-state index contributed by atoms with van der Waals surface area (Å²) in [5.74, 6) is -0.922. The van der Waals surface area contributed by atoms with E-state index in [-0.39, 0.29) is 0 Å². The van der Waals surface area contributed by atoms with E-state index in [4.69, 9.17) is 5.11 Å². The van der Waals surface area contributed by atoms with Crippen LogP contribution < -0.4 is 0 Å². The molecule has 0 aromatic carbocycles. The van der Waals surface area contributed by atoms with Crippen LogP contribution in [0.5, 0.6) is 0 Å². The molecule has 15 heavy (non-hydrogen) atoms. The molecule has 6 heteroatoms. The third-order valence-electron chi connectivity index (χ3n) is 2.00. The molecule has 0 saturated heterocycles. The minimum atomic E-state index is -0.922. The van der Waals surface area contributed by atoms with E-state index in [1.807, 2.05) is 6.92 Å². The van der Waals surface area contributed by atoms with Crippen molar-refractivity contribution in [2.75, 3.05) is 0 Å². The van der Waals surface area contributed by atoms with E-state index in [2.05, 4.69) is 10.2 Å². The Balaban J connectivity index is 2.54. The Morgan fingerprint density at radius 2 is 2.20 bits per heavy atom. The van der Waals surface area contributed by atoms with Crippen LogP contribution in [0.3, 0.4) is 0 Å². The number of carboxylic acid groups (broad SMARTS) is 1. The van der Waals surface area contributed by atoms with Crippen LogP contribution in [0, 0.1) is 0 Å². The standard InChI is InChI=1S/C9H9N3O2S/c1-2-6-3-7(9(13)14)8(15-6)12-4-10-11-5-12/h3-5H,2H2,1H3,(H,13,14). The summed E-state index contributed by atoms with van der Waals surface area (Å²) in [4.78, 5) is 12.0. The van der Waals surface area contributed by atoms with Crippen molar-refractivity contribution in [3.63, 3.8) is 0 Å². The van der Waals surface area contributed by atoms with Gasteiger partial charge in [0.1, 0.15) is 17.7 Å².